The van der Waals surface area contributed by atoms with Crippen molar-refractivity contribution in [3.05, 3.63) is 59.9 Å². The molecule has 0 saturated heterocycles. The number of anilines is 1. The molecule has 0 aromatic heterocycles. The first-order valence-electron chi connectivity index (χ1n) is 8.09. The minimum absolute atomic E-state index is 0.0433. The molecule has 5 nitrogen and oxygen atoms in total. The molecule has 1 amide bonds. The number of rotatable bonds is 8. The molecule has 0 spiro atoms. The Labute approximate surface area is 147 Å². The van der Waals surface area contributed by atoms with Crippen molar-refractivity contribution in [3.8, 4) is 0 Å². The number of carbonyl (C=O) groups excluding carboxylic acids is 1. The molecule has 2 aromatic rings. The fourth-order valence-corrected chi connectivity index (χ4v) is 3.28. The van der Waals surface area contributed by atoms with E-state index in [-0.39, 0.29) is 16.5 Å². The van der Waals surface area contributed by atoms with Gasteiger partial charge in [0.15, 0.2) is 0 Å². The van der Waals surface area contributed by atoms with Crippen molar-refractivity contribution in [3.63, 3.8) is 0 Å². The summed E-state index contributed by atoms with van der Waals surface area (Å²) in [6.07, 6.45) is 3.01. The zero-order valence-electron chi connectivity index (χ0n) is 14.0. The number of sulfonamides is 1. The average molecular weight is 364 g/mol. The molecule has 0 aliphatic carbocycles. The van der Waals surface area contributed by atoms with Crippen molar-refractivity contribution in [1.29, 1.82) is 0 Å². The molecule has 0 unspecified atom stereocenters. The van der Waals surface area contributed by atoms with Crippen molar-refractivity contribution in [1.82, 2.24) is 5.32 Å². The molecule has 0 fully saturated rings. The van der Waals surface area contributed by atoms with Crippen LogP contribution in [0, 0.1) is 5.82 Å². The number of para-hydroxylation sites is 1. The van der Waals surface area contributed by atoms with Crippen molar-refractivity contribution >= 4 is 21.6 Å². The summed E-state index contributed by atoms with van der Waals surface area (Å²) in [6, 6.07) is 11.0. The topological polar surface area (TPSA) is 75.3 Å². The van der Waals surface area contributed by atoms with Crippen LogP contribution in [0.4, 0.5) is 10.1 Å². The van der Waals surface area contributed by atoms with E-state index in [9.17, 15) is 17.6 Å². The predicted molar refractivity (Wildman–Crippen MR) is 95.5 cm³/mol. The molecular weight excluding hydrogens is 343 g/mol. The maximum atomic E-state index is 13.6. The largest absolute Gasteiger partial charge is 0.352 e. The summed E-state index contributed by atoms with van der Waals surface area (Å²) in [5.41, 5.74) is 0.251. The summed E-state index contributed by atoms with van der Waals surface area (Å²) in [5.74, 6) is -0.906. The summed E-state index contributed by atoms with van der Waals surface area (Å²) in [4.78, 5) is 11.9. The van der Waals surface area contributed by atoms with Gasteiger partial charge in [-0.05, 0) is 42.8 Å². The molecule has 0 aliphatic rings. The number of benzene rings is 2. The fourth-order valence-electron chi connectivity index (χ4n) is 2.21. The van der Waals surface area contributed by atoms with Gasteiger partial charge in [0.25, 0.3) is 15.9 Å². The van der Waals surface area contributed by atoms with Crippen LogP contribution in [-0.2, 0) is 10.0 Å². The molecule has 2 rings (SSSR count). The highest BCUT2D eigenvalue weighted by Crippen LogP contribution is 2.19. The smallest absolute Gasteiger partial charge is 0.261 e. The third kappa shape index (κ3) is 5.29. The Balaban J connectivity index is 2.05. The Bertz CT molecular complexity index is 820. The number of carbonyl (C=O) groups is 1. The Kier molecular flexibility index (Phi) is 6.52. The number of halogens is 1. The Morgan fingerprint density at radius 2 is 1.72 bits per heavy atom. The van der Waals surface area contributed by atoms with Crippen LogP contribution in [0.25, 0.3) is 0 Å². The lowest BCUT2D eigenvalue weighted by Gasteiger charge is -2.10. The van der Waals surface area contributed by atoms with Crippen LogP contribution in [0.15, 0.2) is 53.4 Å². The summed E-state index contributed by atoms with van der Waals surface area (Å²) in [6.45, 7) is 2.66. The van der Waals surface area contributed by atoms with Crippen molar-refractivity contribution in [2.45, 2.75) is 31.1 Å². The van der Waals surface area contributed by atoms with E-state index in [0.29, 0.717) is 12.1 Å². The number of amides is 1. The first-order chi connectivity index (χ1) is 11.9. The van der Waals surface area contributed by atoms with Gasteiger partial charge < -0.3 is 5.32 Å². The Morgan fingerprint density at radius 3 is 2.36 bits per heavy atom. The Morgan fingerprint density at radius 1 is 1.04 bits per heavy atom. The molecule has 7 heteroatoms. The molecule has 0 radical (unpaired) electrons. The lowest BCUT2D eigenvalue weighted by molar-refractivity contribution is 0.0953. The fraction of sp³-hybridized carbons (Fsp3) is 0.278. The summed E-state index contributed by atoms with van der Waals surface area (Å²) >= 11 is 0. The van der Waals surface area contributed by atoms with Crippen molar-refractivity contribution < 1.29 is 17.6 Å². The minimum Gasteiger partial charge on any atom is -0.352 e. The lowest BCUT2D eigenvalue weighted by atomic mass is 10.2. The van der Waals surface area contributed by atoms with Crippen LogP contribution in [0.3, 0.4) is 0 Å². The zero-order chi connectivity index (χ0) is 18.3. The third-order valence-electron chi connectivity index (χ3n) is 3.61. The maximum absolute atomic E-state index is 13.6. The summed E-state index contributed by atoms with van der Waals surface area (Å²) in [5, 5.41) is 2.79. The van der Waals surface area contributed by atoms with E-state index in [1.807, 2.05) is 0 Å². The molecular formula is C18H21FN2O3S. The van der Waals surface area contributed by atoms with Gasteiger partial charge in [0, 0.05) is 12.1 Å². The van der Waals surface area contributed by atoms with Crippen LogP contribution in [0.1, 0.15) is 36.5 Å². The second kappa shape index (κ2) is 8.62. The van der Waals surface area contributed by atoms with Gasteiger partial charge in [0.05, 0.1) is 10.6 Å². The zero-order valence-corrected chi connectivity index (χ0v) is 14.8. The molecule has 25 heavy (non-hydrogen) atoms. The van der Waals surface area contributed by atoms with E-state index in [0.717, 1.165) is 19.3 Å². The summed E-state index contributed by atoms with van der Waals surface area (Å²) < 4.78 is 40.4. The standard InChI is InChI=1S/C18H21FN2O3S/c1-2-3-6-13-20-18(22)14-9-11-15(12-10-14)25(23,24)21-17-8-5-4-7-16(17)19/h4-5,7-12,21H,2-3,6,13H2,1H3,(H,20,22). The number of unbranched alkanes of at least 4 members (excludes halogenated alkanes) is 2. The SMILES string of the molecule is CCCCCNC(=O)c1ccc(S(=O)(=O)Nc2ccccc2F)cc1. The van der Waals surface area contributed by atoms with E-state index >= 15 is 0 Å². The normalized spacial score (nSPS) is 11.1. The lowest BCUT2D eigenvalue weighted by Crippen LogP contribution is -2.24. The maximum Gasteiger partial charge on any atom is 0.261 e. The van der Waals surface area contributed by atoms with E-state index in [4.69, 9.17) is 0 Å². The summed E-state index contributed by atoms with van der Waals surface area (Å²) in [7, 11) is -3.92. The van der Waals surface area contributed by atoms with Crippen molar-refractivity contribution in [2.24, 2.45) is 0 Å². The van der Waals surface area contributed by atoms with Gasteiger partial charge in [-0.3, -0.25) is 9.52 Å². The molecule has 0 bridgehead atoms. The first-order valence-corrected chi connectivity index (χ1v) is 9.58. The molecule has 0 atom stereocenters. The highest BCUT2D eigenvalue weighted by atomic mass is 32.2. The first kappa shape index (κ1) is 18.9. The van der Waals surface area contributed by atoms with Gasteiger partial charge in [0.2, 0.25) is 0 Å². The van der Waals surface area contributed by atoms with Gasteiger partial charge in [-0.2, -0.15) is 0 Å². The van der Waals surface area contributed by atoms with E-state index in [2.05, 4.69) is 17.0 Å². The van der Waals surface area contributed by atoms with Crippen LogP contribution < -0.4 is 10.0 Å². The minimum atomic E-state index is -3.92. The van der Waals surface area contributed by atoms with Crippen molar-refractivity contribution in [2.75, 3.05) is 11.3 Å². The number of nitrogens with one attached hydrogen (secondary N) is 2. The van der Waals surface area contributed by atoms with Crippen LogP contribution in [0.5, 0.6) is 0 Å². The third-order valence-corrected chi connectivity index (χ3v) is 4.99. The quantitative estimate of drug-likeness (QED) is 0.704. The van der Waals surface area contributed by atoms with E-state index < -0.39 is 15.8 Å². The van der Waals surface area contributed by atoms with Crippen LogP contribution in [0.2, 0.25) is 0 Å². The molecule has 2 N–H and O–H groups in total. The number of hydrogen-bond acceptors (Lipinski definition) is 3. The highest BCUT2D eigenvalue weighted by molar-refractivity contribution is 7.92. The van der Waals surface area contributed by atoms with Gasteiger partial charge in [-0.25, -0.2) is 12.8 Å². The monoisotopic (exact) mass is 364 g/mol. The van der Waals surface area contributed by atoms with Gasteiger partial charge in [0.1, 0.15) is 5.82 Å². The predicted octanol–water partition coefficient (Wildman–Crippen LogP) is 3.55. The van der Waals surface area contributed by atoms with Gasteiger partial charge in [-0.15, -0.1) is 0 Å². The molecule has 0 aliphatic heterocycles. The van der Waals surface area contributed by atoms with Crippen LogP contribution >= 0.6 is 0 Å². The second-order valence-electron chi connectivity index (χ2n) is 5.57. The van der Waals surface area contributed by atoms with Gasteiger partial charge >= 0.3 is 0 Å². The highest BCUT2D eigenvalue weighted by Gasteiger charge is 2.16. The van der Waals surface area contributed by atoms with E-state index in [1.165, 1.54) is 48.5 Å². The number of hydrogen-bond donors (Lipinski definition) is 2. The molecule has 134 valence electrons. The second-order valence-corrected chi connectivity index (χ2v) is 7.26. The van der Waals surface area contributed by atoms with E-state index in [1.54, 1.807) is 0 Å². The Hall–Kier alpha value is -2.41. The van der Waals surface area contributed by atoms with Crippen LogP contribution in [-0.4, -0.2) is 20.9 Å². The average Bonchev–Trinajstić information content (AvgIpc) is 2.60. The molecule has 2 aromatic carbocycles. The molecule has 0 heterocycles. The molecule has 0 saturated carbocycles. The van der Waals surface area contributed by atoms with Gasteiger partial charge in [-0.1, -0.05) is 31.9 Å².